The number of anilines is 2. The van der Waals surface area contributed by atoms with Gasteiger partial charge < -0.3 is 14.7 Å². The molecule has 0 saturated heterocycles. The Kier molecular flexibility index (Phi) is 6.13. The normalized spacial score (nSPS) is 20.5. The van der Waals surface area contributed by atoms with Crippen LogP contribution in [0, 0.1) is 5.92 Å². The molecule has 5 heteroatoms. The molecule has 2 unspecified atom stereocenters. The van der Waals surface area contributed by atoms with Gasteiger partial charge in [-0.25, -0.2) is 0 Å². The summed E-state index contributed by atoms with van der Waals surface area (Å²) >= 11 is 0. The molecule has 0 aromatic heterocycles. The summed E-state index contributed by atoms with van der Waals surface area (Å²) in [6.45, 7) is 11.8. The first kappa shape index (κ1) is 20.8. The minimum Gasteiger partial charge on any atom is -0.308 e. The lowest BCUT2D eigenvalue weighted by molar-refractivity contribution is -0.120. The van der Waals surface area contributed by atoms with Crippen molar-refractivity contribution in [3.63, 3.8) is 0 Å². The van der Waals surface area contributed by atoms with Crippen molar-refractivity contribution < 1.29 is 9.59 Å². The van der Waals surface area contributed by atoms with Gasteiger partial charge in [0.15, 0.2) is 0 Å². The molecule has 1 aliphatic carbocycles. The quantitative estimate of drug-likeness (QED) is 0.743. The fourth-order valence-corrected chi connectivity index (χ4v) is 4.16. The summed E-state index contributed by atoms with van der Waals surface area (Å²) in [4.78, 5) is 31.4. The number of nitrogens with zero attached hydrogens (tertiary/aromatic N) is 3. The van der Waals surface area contributed by atoms with Crippen LogP contribution < -0.4 is 9.80 Å². The summed E-state index contributed by atoms with van der Waals surface area (Å²) in [6.07, 6.45) is 3.02. The van der Waals surface area contributed by atoms with Gasteiger partial charge >= 0.3 is 0 Å². The van der Waals surface area contributed by atoms with Crippen molar-refractivity contribution >= 4 is 23.2 Å². The number of carbonyl (C=O) groups is 2. The summed E-state index contributed by atoms with van der Waals surface area (Å²) in [5.74, 6) is 0.828. The van der Waals surface area contributed by atoms with Gasteiger partial charge in [0.2, 0.25) is 11.8 Å². The average molecular weight is 386 g/mol. The number of hydrogen-bond donors (Lipinski definition) is 0. The zero-order chi connectivity index (χ0) is 20.6. The summed E-state index contributed by atoms with van der Waals surface area (Å²) in [5, 5.41) is 0. The van der Waals surface area contributed by atoms with Gasteiger partial charge in [-0.15, -0.1) is 0 Å². The number of fused-ring (bicyclic) bond motifs is 1. The van der Waals surface area contributed by atoms with E-state index in [4.69, 9.17) is 0 Å². The molecular formula is C23H35N3O2. The summed E-state index contributed by atoms with van der Waals surface area (Å²) < 4.78 is 0. The van der Waals surface area contributed by atoms with Crippen LogP contribution in [0.3, 0.4) is 0 Å². The molecule has 1 fully saturated rings. The van der Waals surface area contributed by atoms with E-state index in [0.29, 0.717) is 18.5 Å². The topological polar surface area (TPSA) is 43.9 Å². The van der Waals surface area contributed by atoms with Gasteiger partial charge in [0.05, 0.1) is 17.4 Å². The van der Waals surface area contributed by atoms with Crippen molar-refractivity contribution in [1.29, 1.82) is 0 Å². The van der Waals surface area contributed by atoms with Crippen molar-refractivity contribution in [2.24, 2.45) is 5.92 Å². The van der Waals surface area contributed by atoms with Crippen molar-refractivity contribution in [3.05, 3.63) is 23.8 Å². The summed E-state index contributed by atoms with van der Waals surface area (Å²) in [6, 6.07) is 6.85. The second kappa shape index (κ2) is 8.24. The lowest BCUT2D eigenvalue weighted by Crippen LogP contribution is -2.51. The van der Waals surface area contributed by atoms with Crippen LogP contribution in [0.1, 0.15) is 65.4 Å². The third-order valence-corrected chi connectivity index (χ3v) is 6.32. The van der Waals surface area contributed by atoms with E-state index in [-0.39, 0.29) is 23.8 Å². The van der Waals surface area contributed by atoms with Crippen molar-refractivity contribution in [2.75, 3.05) is 29.9 Å². The van der Waals surface area contributed by atoms with Crippen molar-refractivity contribution in [1.82, 2.24) is 4.90 Å². The molecule has 1 aromatic rings. The number of amides is 2. The highest BCUT2D eigenvalue weighted by molar-refractivity contribution is 6.05. The zero-order valence-electron chi connectivity index (χ0n) is 18.2. The molecule has 0 spiro atoms. The molecule has 2 aliphatic rings. The van der Waals surface area contributed by atoms with Crippen LogP contribution in [-0.2, 0) is 9.59 Å². The maximum absolute atomic E-state index is 13.0. The Bertz CT molecular complexity index is 741. The van der Waals surface area contributed by atoms with Crippen LogP contribution in [0.4, 0.5) is 11.4 Å². The Balaban J connectivity index is 1.99. The molecule has 28 heavy (non-hydrogen) atoms. The fraction of sp³-hybridized carbons (Fsp3) is 0.652. The fourth-order valence-electron chi connectivity index (χ4n) is 4.16. The molecule has 2 amide bonds. The molecule has 1 saturated carbocycles. The van der Waals surface area contributed by atoms with Gasteiger partial charge in [0.25, 0.3) is 0 Å². The Morgan fingerprint density at radius 1 is 1.21 bits per heavy atom. The van der Waals surface area contributed by atoms with Crippen LogP contribution in [0.15, 0.2) is 18.2 Å². The second-order valence-electron chi connectivity index (χ2n) is 8.85. The molecule has 1 heterocycles. The van der Waals surface area contributed by atoms with Crippen LogP contribution >= 0.6 is 0 Å². The minimum atomic E-state index is -0.00686. The summed E-state index contributed by atoms with van der Waals surface area (Å²) in [5.41, 5.74) is 3.03. The molecule has 5 nitrogen and oxygen atoms in total. The molecule has 3 rings (SSSR count). The molecule has 154 valence electrons. The Labute approximate surface area is 169 Å². The van der Waals surface area contributed by atoms with E-state index >= 15 is 0 Å². The smallest absolute Gasteiger partial charge is 0.230 e. The first-order chi connectivity index (χ1) is 13.2. The highest BCUT2D eigenvalue weighted by Crippen LogP contribution is 2.41. The van der Waals surface area contributed by atoms with Gasteiger partial charge in [0.1, 0.15) is 0 Å². The second-order valence-corrected chi connectivity index (χ2v) is 8.85. The van der Waals surface area contributed by atoms with E-state index in [2.05, 4.69) is 44.9 Å². The minimum absolute atomic E-state index is 0.00686. The van der Waals surface area contributed by atoms with E-state index in [0.717, 1.165) is 37.2 Å². The monoisotopic (exact) mass is 385 g/mol. The van der Waals surface area contributed by atoms with E-state index in [9.17, 15) is 9.59 Å². The van der Waals surface area contributed by atoms with E-state index in [1.165, 1.54) is 5.56 Å². The van der Waals surface area contributed by atoms with Crippen LogP contribution in [0.25, 0.3) is 0 Å². The maximum Gasteiger partial charge on any atom is 0.230 e. The van der Waals surface area contributed by atoms with Crippen LogP contribution in [0.2, 0.25) is 0 Å². The van der Waals surface area contributed by atoms with Crippen LogP contribution in [0.5, 0.6) is 0 Å². The van der Waals surface area contributed by atoms with Gasteiger partial charge in [-0.05, 0) is 70.7 Å². The third kappa shape index (κ3) is 4.09. The Morgan fingerprint density at radius 3 is 2.43 bits per heavy atom. The van der Waals surface area contributed by atoms with E-state index < -0.39 is 0 Å². The molecule has 0 N–H and O–H groups in total. The third-order valence-electron chi connectivity index (χ3n) is 6.32. The highest BCUT2D eigenvalue weighted by Gasteiger charge is 2.39. The number of likely N-dealkylation sites (N-methyl/N-ethyl adjacent to an activating group) is 1. The van der Waals surface area contributed by atoms with Gasteiger partial charge in [-0.1, -0.05) is 13.0 Å². The lowest BCUT2D eigenvalue weighted by Gasteiger charge is -2.41. The number of hydrogen-bond acceptors (Lipinski definition) is 3. The maximum atomic E-state index is 13.0. The molecule has 1 aliphatic heterocycles. The number of benzene rings is 1. The highest BCUT2D eigenvalue weighted by atomic mass is 16.2. The van der Waals surface area contributed by atoms with Gasteiger partial charge in [-0.3, -0.25) is 9.59 Å². The van der Waals surface area contributed by atoms with E-state index in [1.54, 1.807) is 6.92 Å². The van der Waals surface area contributed by atoms with Gasteiger partial charge in [0, 0.05) is 32.0 Å². The first-order valence-corrected chi connectivity index (χ1v) is 10.7. The predicted octanol–water partition coefficient (Wildman–Crippen LogP) is 4.02. The predicted molar refractivity (Wildman–Crippen MR) is 115 cm³/mol. The number of rotatable bonds is 6. The standard InChI is InChI=1S/C23H35N3O2/c1-7-18(14-24(6)15(2)3)20-10-11-21-22(12-20)25(23(28)19-8-9-19)13-16(4)26(21)17(5)27/h10-12,15-16,18-19H,7-9,13-14H2,1-6H3. The zero-order valence-corrected chi connectivity index (χ0v) is 18.2. The first-order valence-electron chi connectivity index (χ1n) is 10.7. The van der Waals surface area contributed by atoms with Crippen molar-refractivity contribution in [2.45, 2.75) is 71.9 Å². The molecule has 1 aromatic carbocycles. The van der Waals surface area contributed by atoms with Crippen LogP contribution in [-0.4, -0.2) is 48.9 Å². The Hall–Kier alpha value is -1.88. The van der Waals surface area contributed by atoms with Gasteiger partial charge in [-0.2, -0.15) is 0 Å². The molecule has 0 radical (unpaired) electrons. The average Bonchev–Trinajstić information content (AvgIpc) is 3.49. The number of carbonyl (C=O) groups excluding carboxylic acids is 2. The SMILES string of the molecule is CCC(CN(C)C(C)C)c1ccc2c(c1)N(C(=O)C1CC1)CC(C)N2C(C)=O. The largest absolute Gasteiger partial charge is 0.308 e. The Morgan fingerprint density at radius 2 is 1.89 bits per heavy atom. The lowest BCUT2D eigenvalue weighted by atomic mass is 9.93. The molecule has 2 atom stereocenters. The van der Waals surface area contributed by atoms with Crippen molar-refractivity contribution in [3.8, 4) is 0 Å². The molecular weight excluding hydrogens is 350 g/mol. The summed E-state index contributed by atoms with van der Waals surface area (Å²) in [7, 11) is 2.16. The van der Waals surface area contributed by atoms with E-state index in [1.807, 2.05) is 22.8 Å². The molecule has 0 bridgehead atoms.